The Hall–Kier alpha value is -0.380. The monoisotopic (exact) mass is 333 g/mol. The first-order chi connectivity index (χ1) is 11.3. The Morgan fingerprint density at radius 1 is 1.17 bits per heavy atom. The highest BCUT2D eigenvalue weighted by molar-refractivity contribution is 5.25. The van der Waals surface area contributed by atoms with E-state index in [0.717, 1.165) is 38.0 Å². The molecule has 0 spiro atoms. The molecule has 3 fully saturated rings. The number of nitrogens with two attached hydrogens (primary N) is 1. The molecule has 4 aliphatic carbocycles. The van der Waals surface area contributed by atoms with Gasteiger partial charge in [-0.1, -0.05) is 25.5 Å². The molecule has 9 unspecified atom stereocenters. The first kappa shape index (κ1) is 17.1. The number of fused-ring (bicyclic) bond motifs is 5. The number of hydrogen-bond donors (Lipinski definition) is 3. The summed E-state index contributed by atoms with van der Waals surface area (Å²) >= 11 is 0. The van der Waals surface area contributed by atoms with E-state index in [4.69, 9.17) is 5.73 Å². The zero-order valence-corrected chi connectivity index (χ0v) is 15.5. The molecule has 0 aromatic carbocycles. The van der Waals surface area contributed by atoms with E-state index in [-0.39, 0.29) is 35.0 Å². The molecule has 0 aromatic heterocycles. The number of allylic oxidation sites excluding steroid dienone is 1. The van der Waals surface area contributed by atoms with Crippen LogP contribution in [0.3, 0.4) is 0 Å². The molecule has 0 radical (unpaired) electrons. The van der Waals surface area contributed by atoms with Crippen molar-refractivity contribution in [3.8, 4) is 0 Å². The van der Waals surface area contributed by atoms with E-state index >= 15 is 0 Å². The van der Waals surface area contributed by atoms with Crippen molar-refractivity contribution in [2.45, 2.75) is 84.0 Å². The molecule has 4 N–H and O–H groups in total. The lowest BCUT2D eigenvalue weighted by Crippen LogP contribution is -2.52. The van der Waals surface area contributed by atoms with Crippen molar-refractivity contribution in [1.82, 2.24) is 0 Å². The second-order valence-electron chi connectivity index (χ2n) is 9.89. The van der Waals surface area contributed by atoms with Gasteiger partial charge in [0.05, 0.1) is 12.2 Å². The van der Waals surface area contributed by atoms with E-state index in [1.165, 1.54) is 18.4 Å². The summed E-state index contributed by atoms with van der Waals surface area (Å²) in [7, 11) is 0. The zero-order valence-electron chi connectivity index (χ0n) is 15.5. The van der Waals surface area contributed by atoms with Gasteiger partial charge in [0.15, 0.2) is 0 Å². The molecular formula is C21H35NO2. The third-order valence-corrected chi connectivity index (χ3v) is 8.75. The zero-order chi connectivity index (χ0) is 17.3. The van der Waals surface area contributed by atoms with Crippen LogP contribution in [-0.4, -0.2) is 28.5 Å². The predicted molar refractivity (Wildman–Crippen MR) is 96.2 cm³/mol. The van der Waals surface area contributed by atoms with Crippen LogP contribution in [0.2, 0.25) is 0 Å². The van der Waals surface area contributed by atoms with E-state index in [1.54, 1.807) is 0 Å². The fourth-order valence-electron chi connectivity index (χ4n) is 7.64. The summed E-state index contributed by atoms with van der Waals surface area (Å²) in [5.74, 6) is 2.26. The minimum Gasteiger partial charge on any atom is -0.393 e. The fourth-order valence-corrected chi connectivity index (χ4v) is 7.64. The fraction of sp³-hybridized carbons (Fsp3) is 0.905. The lowest BCUT2D eigenvalue weighted by Gasteiger charge is -2.58. The van der Waals surface area contributed by atoms with Gasteiger partial charge >= 0.3 is 0 Å². The first-order valence-corrected chi connectivity index (χ1v) is 10.1. The minimum atomic E-state index is -0.231. The van der Waals surface area contributed by atoms with E-state index in [9.17, 15) is 10.2 Å². The number of rotatable bonds is 1. The van der Waals surface area contributed by atoms with E-state index < -0.39 is 0 Å². The second-order valence-corrected chi connectivity index (χ2v) is 9.89. The Morgan fingerprint density at radius 2 is 1.92 bits per heavy atom. The van der Waals surface area contributed by atoms with E-state index in [1.807, 2.05) is 0 Å². The van der Waals surface area contributed by atoms with Crippen LogP contribution in [0.5, 0.6) is 0 Å². The largest absolute Gasteiger partial charge is 0.393 e. The molecule has 0 amide bonds. The minimum absolute atomic E-state index is 0.0710. The Bertz CT molecular complexity index is 544. The molecule has 9 atom stereocenters. The van der Waals surface area contributed by atoms with Crippen molar-refractivity contribution < 1.29 is 10.2 Å². The van der Waals surface area contributed by atoms with Crippen LogP contribution in [-0.2, 0) is 0 Å². The van der Waals surface area contributed by atoms with Crippen LogP contribution < -0.4 is 5.73 Å². The van der Waals surface area contributed by atoms with Crippen molar-refractivity contribution in [3.05, 3.63) is 11.6 Å². The highest BCUT2D eigenvalue weighted by Crippen LogP contribution is 2.66. The molecule has 3 heteroatoms. The van der Waals surface area contributed by atoms with Gasteiger partial charge in [-0.05, 0) is 80.5 Å². The molecule has 24 heavy (non-hydrogen) atoms. The van der Waals surface area contributed by atoms with Crippen LogP contribution in [0, 0.1) is 34.5 Å². The van der Waals surface area contributed by atoms with Crippen molar-refractivity contribution in [2.24, 2.45) is 40.2 Å². The molecule has 4 rings (SSSR count). The molecule has 0 bridgehead atoms. The first-order valence-electron chi connectivity index (χ1n) is 10.1. The van der Waals surface area contributed by atoms with Crippen LogP contribution in [0.1, 0.15) is 65.7 Å². The van der Waals surface area contributed by atoms with Crippen LogP contribution in [0.4, 0.5) is 0 Å². The van der Waals surface area contributed by atoms with Gasteiger partial charge in [-0.3, -0.25) is 0 Å². The summed E-state index contributed by atoms with van der Waals surface area (Å²) in [6.07, 6.45) is 9.59. The van der Waals surface area contributed by atoms with Gasteiger partial charge in [0.25, 0.3) is 0 Å². The average Bonchev–Trinajstić information content (AvgIpc) is 2.78. The summed E-state index contributed by atoms with van der Waals surface area (Å²) in [6, 6.07) is 0.0710. The van der Waals surface area contributed by atoms with Gasteiger partial charge in [0.2, 0.25) is 0 Å². The topological polar surface area (TPSA) is 66.5 Å². The van der Waals surface area contributed by atoms with Crippen molar-refractivity contribution in [2.75, 3.05) is 0 Å². The Balaban J connectivity index is 1.67. The molecule has 136 valence electrons. The molecule has 3 saturated carbocycles. The van der Waals surface area contributed by atoms with Crippen LogP contribution in [0.15, 0.2) is 11.6 Å². The molecule has 3 nitrogen and oxygen atoms in total. The van der Waals surface area contributed by atoms with Crippen molar-refractivity contribution in [1.29, 1.82) is 0 Å². The molecule has 4 aliphatic rings. The lowest BCUT2D eigenvalue weighted by atomic mass is 9.47. The molecule has 0 heterocycles. The van der Waals surface area contributed by atoms with Gasteiger partial charge in [0.1, 0.15) is 0 Å². The second kappa shape index (κ2) is 5.56. The summed E-state index contributed by atoms with van der Waals surface area (Å²) in [6.45, 7) is 6.94. The van der Waals surface area contributed by atoms with Gasteiger partial charge in [-0.25, -0.2) is 0 Å². The van der Waals surface area contributed by atoms with E-state index in [0.29, 0.717) is 11.8 Å². The SMILES string of the molecule is CC(N)C1C(O)CC2C3CC=C4CC(O)CCC4(C)C3CCC21C. The highest BCUT2D eigenvalue weighted by atomic mass is 16.3. The number of aliphatic hydroxyl groups excluding tert-OH is 2. The third kappa shape index (κ3) is 2.20. The maximum atomic E-state index is 10.7. The van der Waals surface area contributed by atoms with Gasteiger partial charge in [-0.2, -0.15) is 0 Å². The Labute approximate surface area is 146 Å². The normalized spacial score (nSPS) is 55.2. The Kier molecular flexibility index (Phi) is 3.95. The highest BCUT2D eigenvalue weighted by Gasteiger charge is 2.61. The van der Waals surface area contributed by atoms with Gasteiger partial charge in [-0.15, -0.1) is 0 Å². The van der Waals surface area contributed by atoms with Crippen LogP contribution >= 0.6 is 0 Å². The summed E-state index contributed by atoms with van der Waals surface area (Å²) in [5, 5.41) is 20.8. The molecular weight excluding hydrogens is 298 g/mol. The molecule has 0 aliphatic heterocycles. The van der Waals surface area contributed by atoms with Gasteiger partial charge in [0, 0.05) is 12.0 Å². The van der Waals surface area contributed by atoms with Crippen LogP contribution in [0.25, 0.3) is 0 Å². The molecule has 0 saturated heterocycles. The maximum Gasteiger partial charge on any atom is 0.0591 e. The number of hydrogen-bond acceptors (Lipinski definition) is 3. The Morgan fingerprint density at radius 3 is 2.62 bits per heavy atom. The number of aliphatic hydroxyl groups is 2. The standard InChI is InChI=1S/C21H35NO2/c1-12(22)19-18(24)11-17-15-5-4-13-10-14(23)6-8-20(13,2)16(15)7-9-21(17,19)3/h4,12,14-19,23-24H,5-11,22H2,1-3H3. The lowest BCUT2D eigenvalue weighted by molar-refractivity contribution is -0.0548. The molecule has 0 aromatic rings. The van der Waals surface area contributed by atoms with Crippen molar-refractivity contribution >= 4 is 0 Å². The van der Waals surface area contributed by atoms with Crippen molar-refractivity contribution in [3.63, 3.8) is 0 Å². The predicted octanol–water partition coefficient (Wildman–Crippen LogP) is 3.24. The third-order valence-electron chi connectivity index (χ3n) is 8.75. The maximum absolute atomic E-state index is 10.7. The van der Waals surface area contributed by atoms with Gasteiger partial charge < -0.3 is 15.9 Å². The smallest absolute Gasteiger partial charge is 0.0591 e. The quantitative estimate of drug-likeness (QED) is 0.645. The summed E-state index contributed by atoms with van der Waals surface area (Å²) < 4.78 is 0. The average molecular weight is 334 g/mol. The summed E-state index contributed by atoms with van der Waals surface area (Å²) in [5.41, 5.74) is 8.30. The van der Waals surface area contributed by atoms with E-state index in [2.05, 4.69) is 26.8 Å². The summed E-state index contributed by atoms with van der Waals surface area (Å²) in [4.78, 5) is 0.